The van der Waals surface area contributed by atoms with Gasteiger partial charge in [0, 0.05) is 24.6 Å². The average Bonchev–Trinajstić information content (AvgIpc) is 3.13. The largest absolute Gasteiger partial charge is 0.508 e. The SMILES string of the molecule is CC(=O)O[C@H]1C(C)O[C@@H](OCC2O[C@@H](Oc3c(-c4ccc(O)cc4)oc4cc(O)cc(O)c4c3=O)C(O)C(O)[C@H]2O)C(O)[C@H]1O[C@@H]1OC(C)[C@H](O)[C@H](O)C1O. The van der Waals surface area contributed by atoms with Gasteiger partial charge in [-0.25, -0.2) is 0 Å². The van der Waals surface area contributed by atoms with E-state index in [2.05, 4.69) is 0 Å². The third-order valence-electron chi connectivity index (χ3n) is 9.53. The lowest BCUT2D eigenvalue weighted by Crippen LogP contribution is -2.64. The van der Waals surface area contributed by atoms with Crippen LogP contribution in [0.3, 0.4) is 0 Å². The molecule has 3 aromatic rings. The van der Waals surface area contributed by atoms with Gasteiger partial charge < -0.3 is 88.6 Å². The van der Waals surface area contributed by atoms with E-state index < -0.39 is 133 Å². The van der Waals surface area contributed by atoms with Gasteiger partial charge in [-0.15, -0.1) is 0 Å². The summed E-state index contributed by atoms with van der Waals surface area (Å²) in [5.41, 5.74) is -1.08. The highest BCUT2D eigenvalue weighted by Gasteiger charge is 2.52. The zero-order valence-electron chi connectivity index (χ0n) is 29.4. The maximum absolute atomic E-state index is 13.8. The summed E-state index contributed by atoms with van der Waals surface area (Å²) in [6.45, 7) is 3.26. The van der Waals surface area contributed by atoms with Crippen molar-refractivity contribution in [1.82, 2.24) is 0 Å². The molecule has 3 aliphatic rings. The second kappa shape index (κ2) is 16.1. The number of ether oxygens (including phenoxy) is 7. The number of hydrogen-bond acceptors (Lipinski definition) is 20. The molecule has 0 radical (unpaired) electrons. The monoisotopic (exact) mass is 782 g/mol. The van der Waals surface area contributed by atoms with Crippen LogP contribution >= 0.6 is 0 Å². The molecule has 0 spiro atoms. The molecule has 3 fully saturated rings. The Labute approximate surface area is 310 Å². The molecule has 302 valence electrons. The molecule has 10 N–H and O–H groups in total. The fourth-order valence-corrected chi connectivity index (χ4v) is 6.55. The topological polar surface area (TPSA) is 314 Å². The number of rotatable bonds is 9. The lowest BCUT2D eigenvalue weighted by Gasteiger charge is -2.46. The molecule has 3 saturated heterocycles. The van der Waals surface area contributed by atoms with E-state index in [1.54, 1.807) is 0 Å². The van der Waals surface area contributed by atoms with Gasteiger partial charge in [0.2, 0.25) is 17.5 Å². The smallest absolute Gasteiger partial charge is 0.303 e. The van der Waals surface area contributed by atoms with Crippen molar-refractivity contribution in [3.63, 3.8) is 0 Å². The van der Waals surface area contributed by atoms with E-state index in [0.717, 1.165) is 19.1 Å². The lowest BCUT2D eigenvalue weighted by atomic mass is 9.97. The van der Waals surface area contributed by atoms with E-state index in [4.69, 9.17) is 37.6 Å². The number of aliphatic hydroxyl groups is 7. The van der Waals surface area contributed by atoms with E-state index >= 15 is 0 Å². The highest BCUT2D eigenvalue weighted by Crippen LogP contribution is 2.38. The summed E-state index contributed by atoms with van der Waals surface area (Å²) in [5, 5.41) is 105. The van der Waals surface area contributed by atoms with Crippen LogP contribution in [0, 0.1) is 0 Å². The van der Waals surface area contributed by atoms with Gasteiger partial charge in [0.25, 0.3) is 0 Å². The van der Waals surface area contributed by atoms with Gasteiger partial charge in [-0.2, -0.15) is 0 Å². The van der Waals surface area contributed by atoms with Gasteiger partial charge in [-0.3, -0.25) is 9.59 Å². The van der Waals surface area contributed by atoms with Gasteiger partial charge >= 0.3 is 5.97 Å². The predicted molar refractivity (Wildman–Crippen MR) is 179 cm³/mol. The maximum Gasteiger partial charge on any atom is 0.303 e. The molecule has 15 atom stereocenters. The quantitative estimate of drug-likeness (QED) is 0.105. The van der Waals surface area contributed by atoms with Gasteiger partial charge in [-0.1, -0.05) is 0 Å². The number of aromatic hydroxyl groups is 3. The molecule has 0 aliphatic carbocycles. The van der Waals surface area contributed by atoms with Crippen molar-refractivity contribution in [1.29, 1.82) is 0 Å². The number of benzene rings is 2. The molecular formula is C35H42O20. The first-order valence-corrected chi connectivity index (χ1v) is 17.1. The van der Waals surface area contributed by atoms with Crippen molar-refractivity contribution < 1.29 is 93.4 Å². The Balaban J connectivity index is 1.24. The molecule has 3 aliphatic heterocycles. The van der Waals surface area contributed by atoms with Crippen molar-refractivity contribution in [2.45, 2.75) is 113 Å². The summed E-state index contributed by atoms with van der Waals surface area (Å²) in [4.78, 5) is 25.7. The van der Waals surface area contributed by atoms with Crippen LogP contribution in [0.2, 0.25) is 0 Å². The van der Waals surface area contributed by atoms with Crippen LogP contribution in [0.1, 0.15) is 20.8 Å². The minimum Gasteiger partial charge on any atom is -0.508 e. The Morgan fingerprint density at radius 2 is 1.35 bits per heavy atom. The van der Waals surface area contributed by atoms with Crippen LogP contribution in [0.25, 0.3) is 22.3 Å². The van der Waals surface area contributed by atoms with Gasteiger partial charge in [0.15, 0.2) is 24.4 Å². The molecule has 0 bridgehead atoms. The summed E-state index contributed by atoms with van der Waals surface area (Å²) in [5.74, 6) is -2.96. The van der Waals surface area contributed by atoms with Crippen LogP contribution in [0.5, 0.6) is 23.0 Å². The molecule has 20 nitrogen and oxygen atoms in total. The number of phenolic OH excluding ortho intramolecular Hbond substituents is 3. The molecule has 4 heterocycles. The van der Waals surface area contributed by atoms with Gasteiger partial charge in [0.05, 0.1) is 18.8 Å². The first kappa shape index (κ1) is 40.5. The zero-order chi connectivity index (χ0) is 40.0. The Kier molecular flexibility index (Phi) is 11.9. The molecule has 1 aromatic heterocycles. The molecule has 55 heavy (non-hydrogen) atoms. The fourth-order valence-electron chi connectivity index (χ4n) is 6.55. The molecule has 2 aromatic carbocycles. The Hall–Kier alpha value is -4.16. The van der Waals surface area contributed by atoms with E-state index in [9.17, 15) is 60.7 Å². The number of carbonyl (C=O) groups is 1. The van der Waals surface area contributed by atoms with Crippen LogP contribution in [0.4, 0.5) is 0 Å². The van der Waals surface area contributed by atoms with Crippen LogP contribution in [-0.2, 0) is 33.2 Å². The van der Waals surface area contributed by atoms with Crippen molar-refractivity contribution in [3.05, 3.63) is 46.6 Å². The number of esters is 1. The fraction of sp³-hybridized carbons (Fsp3) is 0.543. The number of aliphatic hydroxyl groups excluding tert-OH is 7. The summed E-state index contributed by atoms with van der Waals surface area (Å²) in [6, 6.07) is 7.20. The van der Waals surface area contributed by atoms with E-state index in [1.165, 1.54) is 38.1 Å². The molecule has 6 rings (SSSR count). The summed E-state index contributed by atoms with van der Waals surface area (Å²) in [7, 11) is 0. The third-order valence-corrected chi connectivity index (χ3v) is 9.53. The first-order valence-electron chi connectivity index (χ1n) is 17.1. The second-order valence-electron chi connectivity index (χ2n) is 13.5. The van der Waals surface area contributed by atoms with Crippen molar-refractivity contribution in [3.8, 4) is 34.3 Å². The lowest BCUT2D eigenvalue weighted by molar-refractivity contribution is -0.359. The minimum absolute atomic E-state index is 0.134. The van der Waals surface area contributed by atoms with Crippen LogP contribution in [-0.4, -0.2) is 156 Å². The number of phenols is 3. The number of carbonyl (C=O) groups excluding carboxylic acids is 1. The van der Waals surface area contributed by atoms with Crippen LogP contribution < -0.4 is 10.2 Å². The predicted octanol–water partition coefficient (Wildman–Crippen LogP) is -1.97. The van der Waals surface area contributed by atoms with Crippen molar-refractivity contribution >= 4 is 16.9 Å². The van der Waals surface area contributed by atoms with Crippen molar-refractivity contribution in [2.24, 2.45) is 0 Å². The molecule has 20 heteroatoms. The standard InChI is InChI=1S/C35H42O20/c1-11-21(40)24(43)26(45)34(49-11)55-32-28(47)33(50-12(2)29(32)51-13(3)36)48-10-19-22(41)25(44)27(46)35(53-19)54-31-23(42)20-17(39)8-16(38)9-18(20)52-30(31)14-4-6-15(37)7-5-14/h4-9,11-12,19,21-22,24-29,32-35,37-41,43-47H,10H2,1-3H3/t11?,12?,19?,21-,22-,24-,25?,26?,27?,28?,29-,32+,33+,34-,35-/m0/s1. The molecule has 0 amide bonds. The maximum atomic E-state index is 13.8. The zero-order valence-corrected chi connectivity index (χ0v) is 29.4. The van der Waals surface area contributed by atoms with E-state index in [-0.39, 0.29) is 22.7 Å². The Morgan fingerprint density at radius 3 is 2.02 bits per heavy atom. The Bertz CT molecular complexity index is 1880. The summed E-state index contributed by atoms with van der Waals surface area (Å²) in [6.07, 6.45) is -24.2. The van der Waals surface area contributed by atoms with E-state index in [0.29, 0.717) is 0 Å². The highest BCUT2D eigenvalue weighted by atomic mass is 16.8. The summed E-state index contributed by atoms with van der Waals surface area (Å²) >= 11 is 0. The highest BCUT2D eigenvalue weighted by molar-refractivity contribution is 5.88. The Morgan fingerprint density at radius 1 is 0.709 bits per heavy atom. The average molecular weight is 783 g/mol. The molecular weight excluding hydrogens is 740 g/mol. The first-order chi connectivity index (χ1) is 26.0. The normalized spacial score (nSPS) is 36.7. The van der Waals surface area contributed by atoms with Crippen LogP contribution in [0.15, 0.2) is 45.6 Å². The molecule has 7 unspecified atom stereocenters. The summed E-state index contributed by atoms with van der Waals surface area (Å²) < 4.78 is 45.5. The third kappa shape index (κ3) is 8.08. The second-order valence-corrected chi connectivity index (χ2v) is 13.5. The van der Waals surface area contributed by atoms with Crippen molar-refractivity contribution in [2.75, 3.05) is 6.61 Å². The molecule has 0 saturated carbocycles. The van der Waals surface area contributed by atoms with E-state index in [1.807, 2.05) is 0 Å². The number of fused-ring (bicyclic) bond motifs is 1. The van der Waals surface area contributed by atoms with Gasteiger partial charge in [-0.05, 0) is 38.1 Å². The van der Waals surface area contributed by atoms with Gasteiger partial charge in [0.1, 0.15) is 83.2 Å². The number of hydrogen-bond donors (Lipinski definition) is 10. The minimum atomic E-state index is -2.00.